The smallest absolute Gasteiger partial charge is 0.227 e. The van der Waals surface area contributed by atoms with Crippen molar-refractivity contribution in [2.24, 2.45) is 10.4 Å². The molecule has 7 heteroatoms. The summed E-state index contributed by atoms with van der Waals surface area (Å²) in [6, 6.07) is 0. The molecule has 1 heterocycles. The number of guanidine groups is 1. The van der Waals surface area contributed by atoms with Gasteiger partial charge in [-0.05, 0) is 34.6 Å². The Bertz CT molecular complexity index is 536. The van der Waals surface area contributed by atoms with Crippen molar-refractivity contribution in [1.82, 2.24) is 20.9 Å². The number of thiazole rings is 1. The molecule has 6 nitrogen and oxygen atoms in total. The van der Waals surface area contributed by atoms with Gasteiger partial charge < -0.3 is 16.0 Å². The number of carbonyl (C=O) groups is 1. The number of aromatic nitrogens is 1. The van der Waals surface area contributed by atoms with Crippen LogP contribution in [0.4, 0.5) is 0 Å². The maximum absolute atomic E-state index is 12.0. The number of nitrogens with one attached hydrogen (secondary N) is 3. The summed E-state index contributed by atoms with van der Waals surface area (Å²) < 4.78 is 0. The van der Waals surface area contributed by atoms with Gasteiger partial charge in [0.15, 0.2) is 5.96 Å². The highest BCUT2D eigenvalue weighted by Crippen LogP contribution is 2.16. The van der Waals surface area contributed by atoms with Crippen LogP contribution in [0.5, 0.6) is 0 Å². The molecule has 1 amide bonds. The van der Waals surface area contributed by atoms with E-state index < -0.39 is 5.41 Å². The molecule has 0 saturated carbocycles. The predicted octanol–water partition coefficient (Wildman–Crippen LogP) is 1.59. The number of aryl methyl sites for hydroxylation is 2. The average Bonchev–Trinajstić information content (AvgIpc) is 2.77. The maximum atomic E-state index is 12.0. The van der Waals surface area contributed by atoms with Crippen LogP contribution in [0.1, 0.15) is 36.3 Å². The van der Waals surface area contributed by atoms with Crippen LogP contribution in [-0.4, -0.2) is 37.0 Å². The van der Waals surface area contributed by atoms with Crippen LogP contribution in [0.25, 0.3) is 0 Å². The van der Waals surface area contributed by atoms with Crippen molar-refractivity contribution in [3.63, 3.8) is 0 Å². The van der Waals surface area contributed by atoms with Crippen molar-refractivity contribution >= 4 is 23.2 Å². The molecule has 1 aromatic rings. The Morgan fingerprint density at radius 3 is 2.45 bits per heavy atom. The van der Waals surface area contributed by atoms with Gasteiger partial charge >= 0.3 is 0 Å². The third-order valence-corrected chi connectivity index (χ3v) is 4.36. The molecule has 1 rings (SSSR count). The molecule has 3 N–H and O–H groups in total. The van der Waals surface area contributed by atoms with Crippen molar-refractivity contribution in [1.29, 1.82) is 0 Å². The lowest BCUT2D eigenvalue weighted by Crippen LogP contribution is -2.47. The summed E-state index contributed by atoms with van der Waals surface area (Å²) in [5, 5.41) is 10.4. The first-order valence-corrected chi connectivity index (χ1v) is 8.27. The third-order valence-electron chi connectivity index (χ3n) is 3.29. The molecule has 1 aromatic heterocycles. The van der Waals surface area contributed by atoms with Crippen molar-refractivity contribution in [2.75, 3.05) is 20.1 Å². The van der Waals surface area contributed by atoms with Crippen LogP contribution in [0, 0.1) is 19.3 Å². The minimum Gasteiger partial charge on any atom is -0.356 e. The van der Waals surface area contributed by atoms with Crippen LogP contribution < -0.4 is 16.0 Å². The van der Waals surface area contributed by atoms with Gasteiger partial charge in [0.1, 0.15) is 0 Å². The van der Waals surface area contributed by atoms with Crippen LogP contribution in [0.3, 0.4) is 0 Å². The lowest BCUT2D eigenvalue weighted by atomic mass is 9.92. The van der Waals surface area contributed by atoms with Gasteiger partial charge in [-0.15, -0.1) is 11.3 Å². The summed E-state index contributed by atoms with van der Waals surface area (Å²) in [6.07, 6.45) is 0. The zero-order chi connectivity index (χ0) is 16.8. The van der Waals surface area contributed by atoms with Gasteiger partial charge in [0, 0.05) is 25.0 Å². The molecule has 0 unspecified atom stereocenters. The molecular formula is C15H27N5OS. The summed E-state index contributed by atoms with van der Waals surface area (Å²) in [5.41, 5.74) is 0.554. The number of hydrogen-bond donors (Lipinski definition) is 3. The molecule has 0 atom stereocenters. The van der Waals surface area contributed by atoms with Crippen LogP contribution in [0.2, 0.25) is 0 Å². The molecule has 0 aliphatic rings. The van der Waals surface area contributed by atoms with E-state index in [1.807, 2.05) is 34.6 Å². The molecule has 124 valence electrons. The van der Waals surface area contributed by atoms with Gasteiger partial charge in [0.2, 0.25) is 5.91 Å². The lowest BCUT2D eigenvalue weighted by molar-refractivity contribution is -0.128. The Balaban J connectivity index is 2.52. The van der Waals surface area contributed by atoms with Gasteiger partial charge in [-0.25, -0.2) is 4.98 Å². The summed E-state index contributed by atoms with van der Waals surface area (Å²) in [6.45, 7) is 11.6. The van der Waals surface area contributed by atoms with Gasteiger partial charge in [0.05, 0.1) is 22.7 Å². The summed E-state index contributed by atoms with van der Waals surface area (Å²) in [4.78, 5) is 21.8. The first-order valence-electron chi connectivity index (χ1n) is 7.46. The molecule has 0 radical (unpaired) electrons. The SMILES string of the molecule is CCNC(=O)C(C)(C)CNC(=NC)NCc1sc(C)nc1C. The van der Waals surface area contributed by atoms with Crippen LogP contribution in [0.15, 0.2) is 4.99 Å². The largest absolute Gasteiger partial charge is 0.356 e. The van der Waals surface area contributed by atoms with Crippen molar-refractivity contribution in [3.8, 4) is 0 Å². The van der Waals surface area contributed by atoms with Gasteiger partial charge in [0.25, 0.3) is 0 Å². The number of carbonyl (C=O) groups excluding carboxylic acids is 1. The predicted molar refractivity (Wildman–Crippen MR) is 92.3 cm³/mol. The Kier molecular flexibility index (Phi) is 6.80. The average molecular weight is 325 g/mol. The molecule has 0 saturated heterocycles. The number of nitrogens with zero attached hydrogens (tertiary/aromatic N) is 2. The lowest BCUT2D eigenvalue weighted by Gasteiger charge is -2.24. The minimum atomic E-state index is -0.495. The second-order valence-corrected chi connectivity index (χ2v) is 7.05. The summed E-state index contributed by atoms with van der Waals surface area (Å²) >= 11 is 1.68. The molecule has 0 spiro atoms. The molecular weight excluding hydrogens is 298 g/mol. The molecule has 0 aliphatic heterocycles. The fraction of sp³-hybridized carbons (Fsp3) is 0.667. The van der Waals surface area contributed by atoms with Crippen LogP contribution >= 0.6 is 11.3 Å². The Labute approximate surface area is 136 Å². The monoisotopic (exact) mass is 325 g/mol. The fourth-order valence-electron chi connectivity index (χ4n) is 1.91. The van der Waals surface area contributed by atoms with Crippen molar-refractivity contribution in [2.45, 2.75) is 41.2 Å². The quantitative estimate of drug-likeness (QED) is 0.548. The normalized spacial score (nSPS) is 12.2. The minimum absolute atomic E-state index is 0.0341. The second-order valence-electron chi connectivity index (χ2n) is 5.76. The molecule has 22 heavy (non-hydrogen) atoms. The van der Waals surface area contributed by atoms with Gasteiger partial charge in [-0.3, -0.25) is 9.79 Å². The van der Waals surface area contributed by atoms with E-state index in [-0.39, 0.29) is 5.91 Å². The van der Waals surface area contributed by atoms with Gasteiger partial charge in [-0.1, -0.05) is 0 Å². The van der Waals surface area contributed by atoms with Crippen molar-refractivity contribution < 1.29 is 4.79 Å². The first kappa shape index (κ1) is 18.4. The number of hydrogen-bond acceptors (Lipinski definition) is 4. The van der Waals surface area contributed by atoms with E-state index in [2.05, 4.69) is 25.9 Å². The van der Waals surface area contributed by atoms with E-state index in [9.17, 15) is 4.79 Å². The van der Waals surface area contributed by atoms with Crippen molar-refractivity contribution in [3.05, 3.63) is 15.6 Å². The van der Waals surface area contributed by atoms with E-state index in [0.29, 0.717) is 25.6 Å². The molecule has 0 bridgehead atoms. The number of rotatable bonds is 6. The highest BCUT2D eigenvalue weighted by atomic mass is 32.1. The molecule has 0 aliphatic carbocycles. The molecule has 0 aromatic carbocycles. The van der Waals surface area contributed by atoms with E-state index >= 15 is 0 Å². The number of aliphatic imine (C=N–C) groups is 1. The maximum Gasteiger partial charge on any atom is 0.227 e. The first-order chi connectivity index (χ1) is 10.3. The van der Waals surface area contributed by atoms with E-state index in [4.69, 9.17) is 0 Å². The Morgan fingerprint density at radius 2 is 1.95 bits per heavy atom. The highest BCUT2D eigenvalue weighted by molar-refractivity contribution is 7.11. The molecule has 0 fully saturated rings. The summed E-state index contributed by atoms with van der Waals surface area (Å²) in [7, 11) is 1.72. The zero-order valence-corrected chi connectivity index (χ0v) is 15.1. The fourth-order valence-corrected chi connectivity index (χ4v) is 2.78. The highest BCUT2D eigenvalue weighted by Gasteiger charge is 2.27. The van der Waals surface area contributed by atoms with Crippen LogP contribution in [-0.2, 0) is 11.3 Å². The summed E-state index contributed by atoms with van der Waals surface area (Å²) in [5.74, 6) is 0.717. The Hall–Kier alpha value is -1.63. The zero-order valence-electron chi connectivity index (χ0n) is 14.3. The van der Waals surface area contributed by atoms with E-state index in [1.165, 1.54) is 4.88 Å². The van der Waals surface area contributed by atoms with E-state index in [0.717, 1.165) is 10.7 Å². The topological polar surface area (TPSA) is 78.4 Å². The standard InChI is InChI=1S/C15H27N5OS/c1-7-17-13(21)15(4,5)9-19-14(16-6)18-8-12-10(2)20-11(3)22-12/h7-9H2,1-6H3,(H,17,21)(H2,16,18,19). The Morgan fingerprint density at radius 1 is 1.27 bits per heavy atom. The van der Waals surface area contributed by atoms with Gasteiger partial charge in [-0.2, -0.15) is 0 Å². The third kappa shape index (κ3) is 5.29. The number of amides is 1. The van der Waals surface area contributed by atoms with E-state index in [1.54, 1.807) is 18.4 Å². The second kappa shape index (κ2) is 8.12.